The number of nitrogens with one attached hydrogen (secondary N) is 1. The Morgan fingerprint density at radius 3 is 2.64 bits per heavy atom. The molecule has 0 saturated carbocycles. The van der Waals surface area contributed by atoms with E-state index >= 15 is 0 Å². The van der Waals surface area contributed by atoms with Crippen molar-refractivity contribution in [3.05, 3.63) is 36.3 Å². The molecule has 2 heterocycles. The Morgan fingerprint density at radius 1 is 1.36 bits per heavy atom. The van der Waals surface area contributed by atoms with Gasteiger partial charge in [-0.1, -0.05) is 0 Å². The largest absolute Gasteiger partial charge is 0.477 e. The van der Waals surface area contributed by atoms with Crippen LogP contribution in [0.4, 0.5) is 0 Å². The Hall–Kier alpha value is -2.17. The van der Waals surface area contributed by atoms with Crippen LogP contribution in [0.1, 0.15) is 10.5 Å². The van der Waals surface area contributed by atoms with E-state index in [4.69, 9.17) is 5.11 Å². The molecule has 0 amide bonds. The van der Waals surface area contributed by atoms with Gasteiger partial charge in [-0.3, -0.25) is 10.1 Å². The molecule has 5 nitrogen and oxygen atoms in total. The van der Waals surface area contributed by atoms with Crippen LogP contribution < -0.4 is 0 Å². The van der Waals surface area contributed by atoms with Crippen molar-refractivity contribution < 1.29 is 9.90 Å². The predicted molar refractivity (Wildman–Crippen MR) is 48.8 cm³/mol. The zero-order valence-electron chi connectivity index (χ0n) is 7.14. The summed E-state index contributed by atoms with van der Waals surface area (Å²) in [6.07, 6.45) is 3.26. The van der Waals surface area contributed by atoms with Gasteiger partial charge in [0.15, 0.2) is 0 Å². The Kier molecular flexibility index (Phi) is 1.98. The van der Waals surface area contributed by atoms with Gasteiger partial charge < -0.3 is 5.11 Å². The lowest BCUT2D eigenvalue weighted by Crippen LogP contribution is -1.95. The van der Waals surface area contributed by atoms with Gasteiger partial charge >= 0.3 is 5.97 Å². The predicted octanol–water partition coefficient (Wildman–Crippen LogP) is 1.17. The quantitative estimate of drug-likeness (QED) is 0.743. The topological polar surface area (TPSA) is 78.9 Å². The summed E-state index contributed by atoms with van der Waals surface area (Å²) >= 11 is 0. The third kappa shape index (κ3) is 1.47. The molecule has 2 rings (SSSR count). The molecule has 2 aromatic heterocycles. The van der Waals surface area contributed by atoms with Crippen molar-refractivity contribution in [3.8, 4) is 11.3 Å². The van der Waals surface area contributed by atoms with Crippen LogP contribution in [0.5, 0.6) is 0 Å². The molecule has 0 fully saturated rings. The second-order valence-electron chi connectivity index (χ2n) is 2.71. The van der Waals surface area contributed by atoms with E-state index in [0.717, 1.165) is 5.56 Å². The van der Waals surface area contributed by atoms with Crippen molar-refractivity contribution in [3.63, 3.8) is 0 Å². The van der Waals surface area contributed by atoms with E-state index in [0.29, 0.717) is 5.69 Å². The number of pyridine rings is 1. The molecule has 0 aromatic carbocycles. The van der Waals surface area contributed by atoms with Crippen LogP contribution in [-0.2, 0) is 0 Å². The standard InChI is InChI=1S/C9H7N3O2/c13-9(14)8-5-7(11-12-8)6-1-3-10-4-2-6/h1-5H,(H,11,12)(H,13,14). The first-order valence-electron chi connectivity index (χ1n) is 3.96. The van der Waals surface area contributed by atoms with Crippen LogP contribution in [0.25, 0.3) is 11.3 Å². The van der Waals surface area contributed by atoms with E-state index in [-0.39, 0.29) is 5.69 Å². The summed E-state index contributed by atoms with van der Waals surface area (Å²) in [6.45, 7) is 0. The minimum atomic E-state index is -1.02. The minimum Gasteiger partial charge on any atom is -0.477 e. The molecule has 0 spiro atoms. The summed E-state index contributed by atoms with van der Waals surface area (Å²) in [4.78, 5) is 14.4. The van der Waals surface area contributed by atoms with Crippen molar-refractivity contribution in [1.82, 2.24) is 15.2 Å². The average Bonchev–Trinajstić information content (AvgIpc) is 2.68. The van der Waals surface area contributed by atoms with Gasteiger partial charge in [-0.15, -0.1) is 0 Å². The Labute approximate surface area is 79.4 Å². The van der Waals surface area contributed by atoms with Crippen LogP contribution in [0.15, 0.2) is 30.6 Å². The first kappa shape index (κ1) is 8.43. The van der Waals surface area contributed by atoms with E-state index in [1.165, 1.54) is 6.07 Å². The third-order valence-corrected chi connectivity index (χ3v) is 1.78. The molecule has 2 N–H and O–H groups in total. The Morgan fingerprint density at radius 2 is 2.07 bits per heavy atom. The number of nitrogens with zero attached hydrogens (tertiary/aromatic N) is 2. The minimum absolute atomic E-state index is 0.0804. The first-order valence-corrected chi connectivity index (χ1v) is 3.96. The molecule has 0 aliphatic rings. The summed E-state index contributed by atoms with van der Waals surface area (Å²) in [5.41, 5.74) is 1.52. The molecule has 0 radical (unpaired) electrons. The molecular weight excluding hydrogens is 182 g/mol. The van der Waals surface area contributed by atoms with Gasteiger partial charge in [-0.05, 0) is 18.2 Å². The summed E-state index contributed by atoms with van der Waals surface area (Å²) in [6, 6.07) is 5.02. The number of H-pyrrole nitrogens is 1. The third-order valence-electron chi connectivity index (χ3n) is 1.78. The summed E-state index contributed by atoms with van der Waals surface area (Å²) in [7, 11) is 0. The van der Waals surface area contributed by atoms with Gasteiger partial charge in [0.2, 0.25) is 0 Å². The van der Waals surface area contributed by atoms with Crippen molar-refractivity contribution >= 4 is 5.97 Å². The monoisotopic (exact) mass is 189 g/mol. The highest BCUT2D eigenvalue weighted by Crippen LogP contribution is 2.15. The first-order chi connectivity index (χ1) is 6.77. The maximum atomic E-state index is 10.6. The highest BCUT2D eigenvalue weighted by atomic mass is 16.4. The second kappa shape index (κ2) is 3.29. The molecule has 0 atom stereocenters. The van der Waals surface area contributed by atoms with Gasteiger partial charge in [0.1, 0.15) is 5.69 Å². The maximum absolute atomic E-state index is 10.6. The summed E-state index contributed by atoms with van der Waals surface area (Å²) in [5, 5.41) is 15.0. The van der Waals surface area contributed by atoms with Gasteiger partial charge in [0, 0.05) is 18.0 Å². The number of hydrogen-bond donors (Lipinski definition) is 2. The number of aromatic nitrogens is 3. The molecule has 2 aromatic rings. The van der Waals surface area contributed by atoms with Crippen LogP contribution in [0.3, 0.4) is 0 Å². The zero-order valence-corrected chi connectivity index (χ0v) is 7.14. The van der Waals surface area contributed by atoms with E-state index in [1.807, 2.05) is 0 Å². The molecule has 14 heavy (non-hydrogen) atoms. The van der Waals surface area contributed by atoms with E-state index < -0.39 is 5.97 Å². The molecule has 70 valence electrons. The van der Waals surface area contributed by atoms with Crippen LogP contribution in [0, 0.1) is 0 Å². The van der Waals surface area contributed by atoms with Gasteiger partial charge in [-0.25, -0.2) is 4.79 Å². The molecule has 5 heteroatoms. The second-order valence-corrected chi connectivity index (χ2v) is 2.71. The van der Waals surface area contributed by atoms with Crippen molar-refractivity contribution in [2.45, 2.75) is 0 Å². The van der Waals surface area contributed by atoms with Crippen LogP contribution >= 0.6 is 0 Å². The Bertz CT molecular complexity index is 450. The molecule has 0 aliphatic carbocycles. The smallest absolute Gasteiger partial charge is 0.353 e. The maximum Gasteiger partial charge on any atom is 0.353 e. The summed E-state index contributed by atoms with van der Waals surface area (Å²) in [5.74, 6) is -1.02. The Balaban J connectivity index is 2.39. The highest BCUT2D eigenvalue weighted by molar-refractivity contribution is 5.86. The lowest BCUT2D eigenvalue weighted by Gasteiger charge is -1.91. The van der Waals surface area contributed by atoms with Gasteiger partial charge in [-0.2, -0.15) is 5.10 Å². The highest BCUT2D eigenvalue weighted by Gasteiger charge is 2.08. The normalized spacial score (nSPS) is 10.0. The fraction of sp³-hybridized carbons (Fsp3) is 0. The fourth-order valence-electron chi connectivity index (χ4n) is 1.10. The van der Waals surface area contributed by atoms with Crippen molar-refractivity contribution in [2.75, 3.05) is 0 Å². The molecule has 0 bridgehead atoms. The van der Waals surface area contributed by atoms with E-state index in [2.05, 4.69) is 15.2 Å². The fourth-order valence-corrected chi connectivity index (χ4v) is 1.10. The van der Waals surface area contributed by atoms with Crippen molar-refractivity contribution in [1.29, 1.82) is 0 Å². The van der Waals surface area contributed by atoms with Crippen molar-refractivity contribution in [2.24, 2.45) is 0 Å². The van der Waals surface area contributed by atoms with E-state index in [9.17, 15) is 4.79 Å². The SMILES string of the molecule is O=C(O)c1cc(-c2ccncc2)n[nH]1. The molecule has 0 aliphatic heterocycles. The number of carboxylic acids is 1. The van der Waals surface area contributed by atoms with Gasteiger partial charge in [0.05, 0.1) is 5.69 Å². The van der Waals surface area contributed by atoms with Crippen LogP contribution in [0.2, 0.25) is 0 Å². The number of aromatic carboxylic acids is 1. The number of carboxylic acid groups (broad SMARTS) is 1. The van der Waals surface area contributed by atoms with Gasteiger partial charge in [0.25, 0.3) is 0 Å². The number of hydrogen-bond acceptors (Lipinski definition) is 3. The molecule has 0 saturated heterocycles. The lowest BCUT2D eigenvalue weighted by atomic mass is 10.2. The lowest BCUT2D eigenvalue weighted by molar-refractivity contribution is 0.0690. The molecule has 0 unspecified atom stereocenters. The summed E-state index contributed by atoms with van der Waals surface area (Å²) < 4.78 is 0. The van der Waals surface area contributed by atoms with Crippen LogP contribution in [-0.4, -0.2) is 26.3 Å². The number of rotatable bonds is 2. The molecular formula is C9H7N3O2. The average molecular weight is 189 g/mol. The number of carbonyl (C=O) groups is 1. The zero-order chi connectivity index (χ0) is 9.97. The van der Waals surface area contributed by atoms with E-state index in [1.54, 1.807) is 24.5 Å². The number of aromatic amines is 1.